The minimum absolute atomic E-state index is 0.638. The zero-order valence-electron chi connectivity index (χ0n) is 25.9. The van der Waals surface area contributed by atoms with Gasteiger partial charge in [-0.3, -0.25) is 0 Å². The van der Waals surface area contributed by atoms with Crippen LogP contribution >= 0.6 is 0 Å². The molecule has 224 valence electrons. The average Bonchev–Trinajstić information content (AvgIpc) is 3.80. The Morgan fingerprint density at radius 2 is 1.06 bits per heavy atom. The third-order valence-electron chi connectivity index (χ3n) is 9.79. The largest absolute Gasteiger partial charge is 0.456 e. The van der Waals surface area contributed by atoms with Crippen LogP contribution in [0.2, 0.25) is 0 Å². The number of hydrogen-bond acceptors (Lipinski definition) is 2. The maximum absolute atomic E-state index is 9.40. The highest BCUT2D eigenvalue weighted by molar-refractivity contribution is 6.12. The summed E-state index contributed by atoms with van der Waals surface area (Å²) in [6.07, 6.45) is 0.748. The van der Waals surface area contributed by atoms with Gasteiger partial charge in [0.25, 0.3) is 0 Å². The van der Waals surface area contributed by atoms with Crippen molar-refractivity contribution < 1.29 is 4.42 Å². The molecule has 10 aromatic rings. The van der Waals surface area contributed by atoms with E-state index in [1.807, 2.05) is 18.2 Å². The summed E-state index contributed by atoms with van der Waals surface area (Å²) in [7, 11) is 0. The van der Waals surface area contributed by atoms with E-state index in [0.717, 1.165) is 45.3 Å². The number of hydrogen-bond donors (Lipinski definition) is 0. The maximum atomic E-state index is 9.40. The molecule has 3 heterocycles. The van der Waals surface area contributed by atoms with E-state index in [1.54, 1.807) is 0 Å². The van der Waals surface area contributed by atoms with Gasteiger partial charge in [-0.1, -0.05) is 84.9 Å². The molecular formula is C44H27N3O. The van der Waals surface area contributed by atoms with Crippen LogP contribution in [0, 0.1) is 11.3 Å². The summed E-state index contributed by atoms with van der Waals surface area (Å²) in [4.78, 5) is 0. The van der Waals surface area contributed by atoms with Gasteiger partial charge >= 0.3 is 0 Å². The van der Waals surface area contributed by atoms with Crippen molar-refractivity contribution in [3.63, 3.8) is 0 Å². The molecule has 0 aliphatic rings. The van der Waals surface area contributed by atoms with Crippen LogP contribution in [0.15, 0.2) is 156 Å². The second kappa shape index (κ2) is 10.2. The van der Waals surface area contributed by atoms with Crippen LogP contribution in [0.1, 0.15) is 16.7 Å². The van der Waals surface area contributed by atoms with Crippen LogP contribution < -0.4 is 0 Å². The lowest BCUT2D eigenvalue weighted by Crippen LogP contribution is -1.96. The number of nitriles is 1. The predicted molar refractivity (Wildman–Crippen MR) is 196 cm³/mol. The fourth-order valence-corrected chi connectivity index (χ4v) is 7.63. The van der Waals surface area contributed by atoms with E-state index in [1.165, 1.54) is 49.2 Å². The molecule has 0 amide bonds. The van der Waals surface area contributed by atoms with Crippen molar-refractivity contribution >= 4 is 65.6 Å². The Hall–Kier alpha value is -6.57. The molecule has 3 aromatic heterocycles. The third-order valence-corrected chi connectivity index (χ3v) is 9.79. The van der Waals surface area contributed by atoms with E-state index in [9.17, 15) is 5.26 Å². The van der Waals surface area contributed by atoms with Crippen molar-refractivity contribution in [2.24, 2.45) is 0 Å². The summed E-state index contributed by atoms with van der Waals surface area (Å²) in [5, 5.41) is 16.4. The van der Waals surface area contributed by atoms with E-state index in [2.05, 4.69) is 149 Å². The van der Waals surface area contributed by atoms with Crippen LogP contribution in [-0.4, -0.2) is 9.13 Å². The molecule has 48 heavy (non-hydrogen) atoms. The fourth-order valence-electron chi connectivity index (χ4n) is 7.63. The van der Waals surface area contributed by atoms with Crippen LogP contribution in [-0.2, 0) is 6.42 Å². The Kier molecular flexibility index (Phi) is 5.67. The number of benzene rings is 7. The van der Waals surface area contributed by atoms with Crippen molar-refractivity contribution in [2.45, 2.75) is 6.42 Å². The Labute approximate surface area is 275 Å². The molecule has 0 fully saturated rings. The van der Waals surface area contributed by atoms with E-state index in [-0.39, 0.29) is 0 Å². The molecule has 10 rings (SSSR count). The lowest BCUT2D eigenvalue weighted by molar-refractivity contribution is 0.664. The zero-order valence-corrected chi connectivity index (χ0v) is 25.9. The van der Waals surface area contributed by atoms with Crippen LogP contribution in [0.25, 0.3) is 76.9 Å². The molecule has 7 aromatic carbocycles. The molecule has 0 radical (unpaired) electrons. The Bertz CT molecular complexity index is 2880. The Morgan fingerprint density at radius 3 is 1.75 bits per heavy atom. The monoisotopic (exact) mass is 613 g/mol. The first-order valence-electron chi connectivity index (χ1n) is 16.2. The summed E-state index contributed by atoms with van der Waals surface area (Å²) in [6.45, 7) is 0. The molecule has 0 atom stereocenters. The number of aromatic nitrogens is 2. The minimum atomic E-state index is 0.638. The smallest absolute Gasteiger partial charge is 0.138 e. The molecule has 0 saturated carbocycles. The van der Waals surface area contributed by atoms with Gasteiger partial charge in [-0.15, -0.1) is 0 Å². The highest BCUT2D eigenvalue weighted by atomic mass is 16.3. The van der Waals surface area contributed by atoms with Gasteiger partial charge in [-0.2, -0.15) is 5.26 Å². The van der Waals surface area contributed by atoms with Crippen molar-refractivity contribution in [3.05, 3.63) is 168 Å². The number of fused-ring (bicyclic) bond motifs is 9. The Balaban J connectivity index is 1.07. The highest BCUT2D eigenvalue weighted by Crippen LogP contribution is 2.37. The van der Waals surface area contributed by atoms with Gasteiger partial charge in [-0.05, 0) is 77.9 Å². The standard InChI is InChI=1S/C44H27N3O/c45-27-29-18-23-43-38(25-29)36-12-7-8-30(44(36)48-43)24-28-16-19-31(20-17-28)46-41-15-6-3-11-35(41)37-26-32(21-22-42(37)46)47-39-13-4-1-9-33(39)34-10-2-5-14-40(34)47/h1-23,25-26H,24H2. The summed E-state index contributed by atoms with van der Waals surface area (Å²) in [6, 6.07) is 55.9. The van der Waals surface area contributed by atoms with Crippen molar-refractivity contribution in [1.29, 1.82) is 5.26 Å². The lowest BCUT2D eigenvalue weighted by Gasteiger charge is -2.11. The van der Waals surface area contributed by atoms with E-state index in [0.29, 0.717) is 5.56 Å². The van der Waals surface area contributed by atoms with Crippen LogP contribution in [0.5, 0.6) is 0 Å². The number of rotatable bonds is 4. The van der Waals surface area contributed by atoms with Gasteiger partial charge < -0.3 is 13.6 Å². The second-order valence-corrected chi connectivity index (χ2v) is 12.5. The molecule has 4 heteroatoms. The molecule has 0 aliphatic carbocycles. The molecule has 0 unspecified atom stereocenters. The normalized spacial score (nSPS) is 11.8. The van der Waals surface area contributed by atoms with Gasteiger partial charge in [0.15, 0.2) is 0 Å². The average molecular weight is 614 g/mol. The van der Waals surface area contributed by atoms with E-state index >= 15 is 0 Å². The maximum Gasteiger partial charge on any atom is 0.138 e. The van der Waals surface area contributed by atoms with Crippen LogP contribution in [0.4, 0.5) is 0 Å². The first-order valence-corrected chi connectivity index (χ1v) is 16.2. The van der Waals surface area contributed by atoms with Crippen molar-refractivity contribution in [2.75, 3.05) is 0 Å². The van der Waals surface area contributed by atoms with Gasteiger partial charge in [-0.25, -0.2) is 0 Å². The molecule has 0 spiro atoms. The SMILES string of the molecule is N#Cc1ccc2oc3c(Cc4ccc(-n5c6ccccc6c6cc(-n7c8ccccc8c8ccccc87)ccc65)cc4)cccc3c2c1. The van der Waals surface area contributed by atoms with E-state index < -0.39 is 0 Å². The summed E-state index contributed by atoms with van der Waals surface area (Å²) in [5.74, 6) is 0. The molecular weight excluding hydrogens is 587 g/mol. The topological polar surface area (TPSA) is 46.8 Å². The molecule has 0 aliphatic heterocycles. The van der Waals surface area contributed by atoms with Crippen molar-refractivity contribution in [1.82, 2.24) is 9.13 Å². The first-order chi connectivity index (χ1) is 23.7. The van der Waals surface area contributed by atoms with Gasteiger partial charge in [0, 0.05) is 50.1 Å². The van der Waals surface area contributed by atoms with Crippen molar-refractivity contribution in [3.8, 4) is 17.4 Å². The van der Waals surface area contributed by atoms with Gasteiger partial charge in [0.1, 0.15) is 11.2 Å². The number of para-hydroxylation sites is 4. The summed E-state index contributed by atoms with van der Waals surface area (Å²) in [5.41, 5.74) is 11.7. The molecule has 4 nitrogen and oxygen atoms in total. The Morgan fingerprint density at radius 1 is 0.479 bits per heavy atom. The molecule has 0 bridgehead atoms. The molecule has 0 saturated heterocycles. The highest BCUT2D eigenvalue weighted by Gasteiger charge is 2.17. The quantitative estimate of drug-likeness (QED) is 0.198. The fraction of sp³-hybridized carbons (Fsp3) is 0.0227. The number of nitrogens with zero attached hydrogens (tertiary/aromatic N) is 3. The summed E-state index contributed by atoms with van der Waals surface area (Å²) >= 11 is 0. The summed E-state index contributed by atoms with van der Waals surface area (Å²) < 4.78 is 11.1. The predicted octanol–water partition coefficient (Wildman–Crippen LogP) is 11.2. The minimum Gasteiger partial charge on any atom is -0.456 e. The third kappa shape index (κ3) is 3.89. The van der Waals surface area contributed by atoms with Crippen LogP contribution in [0.3, 0.4) is 0 Å². The van der Waals surface area contributed by atoms with E-state index in [4.69, 9.17) is 4.42 Å². The second-order valence-electron chi connectivity index (χ2n) is 12.5. The van der Waals surface area contributed by atoms with Gasteiger partial charge in [0.2, 0.25) is 0 Å². The number of furan rings is 1. The molecule has 0 N–H and O–H groups in total. The zero-order chi connectivity index (χ0) is 31.8. The lowest BCUT2D eigenvalue weighted by atomic mass is 10.0. The first kappa shape index (κ1) is 26.6. The van der Waals surface area contributed by atoms with Gasteiger partial charge in [0.05, 0.1) is 33.7 Å².